The van der Waals surface area contributed by atoms with Crippen molar-refractivity contribution in [2.24, 2.45) is 0 Å². The number of piperidine rings is 1. The van der Waals surface area contributed by atoms with Gasteiger partial charge in [-0.15, -0.1) is 0 Å². The van der Waals surface area contributed by atoms with Crippen molar-refractivity contribution in [2.45, 2.75) is 31.5 Å². The zero-order valence-corrected chi connectivity index (χ0v) is 10.9. The highest BCUT2D eigenvalue weighted by Gasteiger charge is 2.34. The van der Waals surface area contributed by atoms with Gasteiger partial charge in [0.1, 0.15) is 0 Å². The second kappa shape index (κ2) is 6.14. The van der Waals surface area contributed by atoms with E-state index in [2.05, 4.69) is 10.6 Å². The molecule has 0 amide bonds. The smallest absolute Gasteiger partial charge is 0.383 e. The van der Waals surface area contributed by atoms with Crippen LogP contribution in [0.1, 0.15) is 30.4 Å². The minimum absolute atomic E-state index is 0.0127. The summed E-state index contributed by atoms with van der Waals surface area (Å²) in [5, 5.41) is 14.8. The highest BCUT2D eigenvalue weighted by Crippen LogP contribution is 2.35. The monoisotopic (exact) mass is 283 g/mol. The normalized spacial score (nSPS) is 19.4. The molecular weight excluding hydrogens is 267 g/mol. The molecule has 1 fully saturated rings. The van der Waals surface area contributed by atoms with Crippen LogP contribution in [0, 0.1) is 11.3 Å². The Morgan fingerprint density at radius 1 is 1.35 bits per heavy atom. The molecule has 1 heterocycles. The van der Waals surface area contributed by atoms with Gasteiger partial charge in [0.15, 0.2) is 0 Å². The van der Waals surface area contributed by atoms with Crippen molar-refractivity contribution in [3.63, 3.8) is 0 Å². The number of hydrogen-bond donors (Lipinski definition) is 2. The van der Waals surface area contributed by atoms with E-state index in [1.165, 1.54) is 12.1 Å². The zero-order valence-electron chi connectivity index (χ0n) is 10.9. The Labute approximate surface area is 115 Å². The van der Waals surface area contributed by atoms with E-state index in [0.717, 1.165) is 31.9 Å². The third-order valence-electron chi connectivity index (χ3n) is 3.41. The molecule has 6 heteroatoms. The third kappa shape index (κ3) is 3.64. The largest absolute Gasteiger partial charge is 0.418 e. The number of nitrogens with one attached hydrogen (secondary N) is 2. The van der Waals surface area contributed by atoms with Gasteiger partial charge < -0.3 is 10.6 Å². The molecule has 0 aliphatic carbocycles. The molecule has 1 aliphatic rings. The van der Waals surface area contributed by atoms with Crippen molar-refractivity contribution >= 4 is 5.69 Å². The molecule has 108 valence electrons. The van der Waals surface area contributed by atoms with Crippen molar-refractivity contribution in [3.05, 3.63) is 29.3 Å². The maximum atomic E-state index is 13.0. The first-order valence-electron chi connectivity index (χ1n) is 6.59. The van der Waals surface area contributed by atoms with E-state index < -0.39 is 11.7 Å². The van der Waals surface area contributed by atoms with E-state index in [1.807, 2.05) is 0 Å². The summed E-state index contributed by atoms with van der Waals surface area (Å²) in [5.41, 5.74) is -0.741. The Balaban J connectivity index is 2.12. The summed E-state index contributed by atoms with van der Waals surface area (Å²) in [7, 11) is 0. The fourth-order valence-corrected chi connectivity index (χ4v) is 2.33. The van der Waals surface area contributed by atoms with Gasteiger partial charge in [0, 0.05) is 18.3 Å². The van der Waals surface area contributed by atoms with Crippen molar-refractivity contribution < 1.29 is 13.2 Å². The van der Waals surface area contributed by atoms with Crippen molar-refractivity contribution in [2.75, 3.05) is 18.4 Å². The molecule has 1 saturated heterocycles. The van der Waals surface area contributed by atoms with Crippen LogP contribution in [0.15, 0.2) is 18.2 Å². The van der Waals surface area contributed by atoms with Crippen LogP contribution >= 0.6 is 0 Å². The van der Waals surface area contributed by atoms with Gasteiger partial charge in [0.05, 0.1) is 17.2 Å². The van der Waals surface area contributed by atoms with Gasteiger partial charge in [-0.25, -0.2) is 0 Å². The number of alkyl halides is 3. The quantitative estimate of drug-likeness (QED) is 0.896. The van der Waals surface area contributed by atoms with E-state index in [-0.39, 0.29) is 17.3 Å². The van der Waals surface area contributed by atoms with Gasteiger partial charge in [0.2, 0.25) is 0 Å². The lowest BCUT2D eigenvalue weighted by atomic mass is 10.0. The molecule has 20 heavy (non-hydrogen) atoms. The van der Waals surface area contributed by atoms with Crippen LogP contribution in [-0.2, 0) is 6.18 Å². The molecule has 1 aromatic rings. The van der Waals surface area contributed by atoms with Crippen LogP contribution in [0.5, 0.6) is 0 Å². The SMILES string of the molecule is N#Cc1ccc(NCC2CCCCN2)c(C(F)(F)F)c1. The minimum atomic E-state index is -4.46. The topological polar surface area (TPSA) is 47.9 Å². The van der Waals surface area contributed by atoms with E-state index >= 15 is 0 Å². The summed E-state index contributed by atoms with van der Waals surface area (Å²) in [4.78, 5) is 0. The molecule has 1 aromatic carbocycles. The molecule has 1 atom stereocenters. The minimum Gasteiger partial charge on any atom is -0.383 e. The number of nitriles is 1. The molecule has 2 N–H and O–H groups in total. The first kappa shape index (κ1) is 14.7. The molecule has 0 spiro atoms. The van der Waals surface area contributed by atoms with E-state index in [0.29, 0.717) is 6.54 Å². The molecule has 3 nitrogen and oxygen atoms in total. The second-order valence-corrected chi connectivity index (χ2v) is 4.90. The number of rotatable bonds is 3. The number of benzene rings is 1. The Kier molecular flexibility index (Phi) is 4.50. The van der Waals surface area contributed by atoms with Crippen molar-refractivity contribution in [1.82, 2.24) is 5.32 Å². The maximum absolute atomic E-state index is 13.0. The Morgan fingerprint density at radius 2 is 2.15 bits per heavy atom. The fraction of sp³-hybridized carbons (Fsp3) is 0.500. The lowest BCUT2D eigenvalue weighted by molar-refractivity contribution is -0.137. The molecule has 0 radical (unpaired) electrons. The molecule has 1 aliphatic heterocycles. The van der Waals surface area contributed by atoms with E-state index in [9.17, 15) is 13.2 Å². The predicted molar refractivity (Wildman–Crippen MR) is 70.3 cm³/mol. The van der Waals surface area contributed by atoms with E-state index in [1.54, 1.807) is 6.07 Å². The molecule has 0 aromatic heterocycles. The van der Waals surface area contributed by atoms with Gasteiger partial charge >= 0.3 is 6.18 Å². The average molecular weight is 283 g/mol. The van der Waals surface area contributed by atoms with Gasteiger partial charge in [-0.2, -0.15) is 18.4 Å². The van der Waals surface area contributed by atoms with Gasteiger partial charge in [-0.3, -0.25) is 0 Å². The van der Waals surface area contributed by atoms with Crippen LogP contribution in [0.4, 0.5) is 18.9 Å². The average Bonchev–Trinajstić information content (AvgIpc) is 2.45. The zero-order chi connectivity index (χ0) is 14.6. The summed E-state index contributed by atoms with van der Waals surface area (Å²) < 4.78 is 38.9. The second-order valence-electron chi connectivity index (χ2n) is 4.90. The summed E-state index contributed by atoms with van der Waals surface area (Å²) >= 11 is 0. The molecule has 1 unspecified atom stereocenters. The standard InChI is InChI=1S/C14H16F3N3/c15-14(16,17)12-7-10(8-18)4-5-13(12)20-9-11-3-1-2-6-19-11/h4-5,7,11,19-20H,1-3,6,9H2. The summed E-state index contributed by atoms with van der Waals surface area (Å²) in [6, 6.07) is 5.53. The van der Waals surface area contributed by atoms with Crippen LogP contribution in [0.2, 0.25) is 0 Å². The molecule has 2 rings (SSSR count). The van der Waals surface area contributed by atoms with Crippen molar-refractivity contribution in [1.29, 1.82) is 5.26 Å². The molecule has 0 saturated carbocycles. The lowest BCUT2D eigenvalue weighted by Gasteiger charge is -2.25. The van der Waals surface area contributed by atoms with Gasteiger partial charge in [-0.05, 0) is 37.6 Å². The Bertz CT molecular complexity index is 499. The van der Waals surface area contributed by atoms with E-state index in [4.69, 9.17) is 5.26 Å². The van der Waals surface area contributed by atoms with Crippen LogP contribution in [0.25, 0.3) is 0 Å². The Hall–Kier alpha value is -1.74. The summed E-state index contributed by atoms with van der Waals surface area (Å²) in [6.45, 7) is 1.36. The molecular formula is C14H16F3N3. The maximum Gasteiger partial charge on any atom is 0.418 e. The number of halogens is 3. The van der Waals surface area contributed by atoms with Gasteiger partial charge in [0.25, 0.3) is 0 Å². The highest BCUT2D eigenvalue weighted by molar-refractivity contribution is 5.56. The third-order valence-corrected chi connectivity index (χ3v) is 3.41. The summed E-state index contributed by atoms with van der Waals surface area (Å²) in [5.74, 6) is 0. The highest BCUT2D eigenvalue weighted by atomic mass is 19.4. The predicted octanol–water partition coefficient (Wildman–Crippen LogP) is 3.13. The Morgan fingerprint density at radius 3 is 2.75 bits per heavy atom. The van der Waals surface area contributed by atoms with Crippen LogP contribution in [0.3, 0.4) is 0 Å². The van der Waals surface area contributed by atoms with Crippen LogP contribution < -0.4 is 10.6 Å². The van der Waals surface area contributed by atoms with Crippen molar-refractivity contribution in [3.8, 4) is 6.07 Å². The first-order chi connectivity index (χ1) is 9.50. The number of anilines is 1. The fourth-order valence-electron chi connectivity index (χ4n) is 2.33. The summed E-state index contributed by atoms with van der Waals surface area (Å²) in [6.07, 6.45) is -1.29. The van der Waals surface area contributed by atoms with Gasteiger partial charge in [-0.1, -0.05) is 6.42 Å². The lowest BCUT2D eigenvalue weighted by Crippen LogP contribution is -2.39. The van der Waals surface area contributed by atoms with Crippen LogP contribution in [-0.4, -0.2) is 19.1 Å². The number of hydrogen-bond acceptors (Lipinski definition) is 3. The first-order valence-corrected chi connectivity index (χ1v) is 6.59. The number of nitrogens with zero attached hydrogens (tertiary/aromatic N) is 1. The molecule has 0 bridgehead atoms.